The van der Waals surface area contributed by atoms with Crippen LogP contribution in [-0.2, 0) is 19.6 Å². The van der Waals surface area contributed by atoms with E-state index in [1.165, 1.54) is 18.2 Å². The summed E-state index contributed by atoms with van der Waals surface area (Å²) in [5.41, 5.74) is 0. The highest BCUT2D eigenvalue weighted by molar-refractivity contribution is 7.89. The van der Waals surface area contributed by atoms with E-state index in [0.717, 1.165) is 4.31 Å². The fourth-order valence-electron chi connectivity index (χ4n) is 1.83. The first-order valence-corrected chi connectivity index (χ1v) is 7.32. The highest BCUT2D eigenvalue weighted by Crippen LogP contribution is 2.23. The molecule has 0 spiro atoms. The molecule has 0 radical (unpaired) electrons. The van der Waals surface area contributed by atoms with Gasteiger partial charge in [-0.1, -0.05) is 17.7 Å². The van der Waals surface area contributed by atoms with Gasteiger partial charge in [0, 0.05) is 11.6 Å². The Labute approximate surface area is 115 Å². The highest BCUT2D eigenvalue weighted by Gasteiger charge is 2.38. The lowest BCUT2D eigenvalue weighted by Gasteiger charge is -2.31. The predicted molar refractivity (Wildman–Crippen MR) is 67.6 cm³/mol. The zero-order chi connectivity index (χ0) is 14.0. The Morgan fingerprint density at radius 1 is 1.47 bits per heavy atom. The number of benzene rings is 1. The van der Waals surface area contributed by atoms with Crippen LogP contribution in [0.1, 0.15) is 0 Å². The molecule has 0 amide bonds. The summed E-state index contributed by atoms with van der Waals surface area (Å²) in [4.78, 5) is 11.1. The molecule has 1 heterocycles. The van der Waals surface area contributed by atoms with E-state index in [4.69, 9.17) is 21.4 Å². The van der Waals surface area contributed by atoms with E-state index in [-0.39, 0.29) is 29.7 Å². The summed E-state index contributed by atoms with van der Waals surface area (Å²) < 4.78 is 30.8. The molecule has 1 unspecified atom stereocenters. The number of morpholine rings is 1. The monoisotopic (exact) mass is 305 g/mol. The molecule has 2 rings (SSSR count). The first-order chi connectivity index (χ1) is 8.93. The van der Waals surface area contributed by atoms with Crippen LogP contribution >= 0.6 is 11.6 Å². The summed E-state index contributed by atoms with van der Waals surface area (Å²) in [5.74, 6) is -1.23. The maximum atomic E-state index is 12.4. The van der Waals surface area contributed by atoms with Crippen LogP contribution in [0.15, 0.2) is 29.2 Å². The Hall–Kier alpha value is -1.15. The van der Waals surface area contributed by atoms with Gasteiger partial charge in [0.05, 0.1) is 18.1 Å². The molecule has 19 heavy (non-hydrogen) atoms. The molecule has 1 aliphatic rings. The molecule has 0 bridgehead atoms. The topological polar surface area (TPSA) is 83.9 Å². The Morgan fingerprint density at radius 2 is 2.21 bits per heavy atom. The molecule has 1 fully saturated rings. The number of carboxylic acids is 1. The van der Waals surface area contributed by atoms with Gasteiger partial charge in [-0.25, -0.2) is 8.42 Å². The van der Waals surface area contributed by atoms with Crippen molar-refractivity contribution in [2.75, 3.05) is 19.8 Å². The van der Waals surface area contributed by atoms with Gasteiger partial charge in [-0.2, -0.15) is 4.31 Å². The molecule has 104 valence electrons. The van der Waals surface area contributed by atoms with Crippen molar-refractivity contribution < 1.29 is 23.1 Å². The van der Waals surface area contributed by atoms with Crippen molar-refractivity contribution in [3.63, 3.8) is 0 Å². The molecule has 1 saturated heterocycles. The predicted octanol–water partition coefficient (Wildman–Crippen LogP) is 0.814. The number of ether oxygens (including phenoxy) is 1. The molecule has 0 aromatic heterocycles. The zero-order valence-corrected chi connectivity index (χ0v) is 11.4. The van der Waals surface area contributed by atoms with Crippen LogP contribution < -0.4 is 0 Å². The van der Waals surface area contributed by atoms with Crippen molar-refractivity contribution in [1.82, 2.24) is 4.31 Å². The van der Waals surface area contributed by atoms with Crippen LogP contribution in [-0.4, -0.2) is 49.6 Å². The Kier molecular flexibility index (Phi) is 4.10. The maximum Gasteiger partial charge on any atom is 0.324 e. The van der Waals surface area contributed by atoms with Crippen molar-refractivity contribution >= 4 is 27.6 Å². The van der Waals surface area contributed by atoms with Crippen LogP contribution in [0.5, 0.6) is 0 Å². The first kappa shape index (κ1) is 14.3. The first-order valence-electron chi connectivity index (χ1n) is 5.51. The number of hydrogen-bond donors (Lipinski definition) is 1. The third-order valence-electron chi connectivity index (χ3n) is 2.77. The van der Waals surface area contributed by atoms with E-state index < -0.39 is 22.0 Å². The SMILES string of the molecule is O=C(O)C1COCCN1S(=O)(=O)c1cccc(Cl)c1. The lowest BCUT2D eigenvalue weighted by molar-refractivity contribution is -0.146. The van der Waals surface area contributed by atoms with Gasteiger partial charge in [0.1, 0.15) is 6.04 Å². The third-order valence-corrected chi connectivity index (χ3v) is 4.91. The van der Waals surface area contributed by atoms with E-state index in [2.05, 4.69) is 0 Å². The molecule has 1 N–H and O–H groups in total. The Bertz CT molecular complexity index is 589. The van der Waals surface area contributed by atoms with E-state index in [1.54, 1.807) is 6.07 Å². The van der Waals surface area contributed by atoms with Gasteiger partial charge in [-0.05, 0) is 18.2 Å². The van der Waals surface area contributed by atoms with Crippen molar-refractivity contribution in [2.45, 2.75) is 10.9 Å². The van der Waals surface area contributed by atoms with Gasteiger partial charge in [0.25, 0.3) is 0 Å². The lowest BCUT2D eigenvalue weighted by Crippen LogP contribution is -2.52. The minimum Gasteiger partial charge on any atom is -0.480 e. The second-order valence-electron chi connectivity index (χ2n) is 4.00. The summed E-state index contributed by atoms with van der Waals surface area (Å²) in [7, 11) is -3.89. The number of carbonyl (C=O) groups is 1. The van der Waals surface area contributed by atoms with Gasteiger partial charge in [0.15, 0.2) is 0 Å². The van der Waals surface area contributed by atoms with Gasteiger partial charge >= 0.3 is 5.97 Å². The quantitative estimate of drug-likeness (QED) is 0.893. The summed E-state index contributed by atoms with van der Waals surface area (Å²) in [6.45, 7) is 0.0184. The molecular formula is C11H12ClNO5S. The van der Waals surface area contributed by atoms with Crippen LogP contribution in [0.4, 0.5) is 0 Å². The normalized spacial score (nSPS) is 21.2. The zero-order valence-electron chi connectivity index (χ0n) is 9.82. The number of rotatable bonds is 3. The molecule has 0 saturated carbocycles. The fourth-order valence-corrected chi connectivity index (χ4v) is 3.69. The van der Waals surface area contributed by atoms with Crippen LogP contribution in [0, 0.1) is 0 Å². The molecule has 6 nitrogen and oxygen atoms in total. The van der Waals surface area contributed by atoms with E-state index in [0.29, 0.717) is 0 Å². The fraction of sp³-hybridized carbons (Fsp3) is 0.364. The number of nitrogens with zero attached hydrogens (tertiary/aromatic N) is 1. The van der Waals surface area contributed by atoms with Crippen LogP contribution in [0.3, 0.4) is 0 Å². The standard InChI is InChI=1S/C11H12ClNO5S/c12-8-2-1-3-9(6-8)19(16,17)13-4-5-18-7-10(13)11(14)15/h1-3,6,10H,4-5,7H2,(H,14,15). The summed E-state index contributed by atoms with van der Waals surface area (Å²) in [6, 6.07) is 4.53. The molecule has 8 heteroatoms. The Balaban J connectivity index is 2.40. The number of hydrogen-bond acceptors (Lipinski definition) is 4. The number of aliphatic carboxylic acids is 1. The van der Waals surface area contributed by atoms with Crippen molar-refractivity contribution in [3.05, 3.63) is 29.3 Å². The van der Waals surface area contributed by atoms with Crippen molar-refractivity contribution in [2.24, 2.45) is 0 Å². The average molecular weight is 306 g/mol. The molecule has 1 aromatic rings. The van der Waals surface area contributed by atoms with E-state index >= 15 is 0 Å². The minimum absolute atomic E-state index is 0.00577. The van der Waals surface area contributed by atoms with Gasteiger partial charge < -0.3 is 9.84 Å². The smallest absolute Gasteiger partial charge is 0.324 e. The highest BCUT2D eigenvalue weighted by atomic mass is 35.5. The minimum atomic E-state index is -3.89. The molecule has 1 atom stereocenters. The third kappa shape index (κ3) is 2.89. The summed E-state index contributed by atoms with van der Waals surface area (Å²) in [6.07, 6.45) is 0. The van der Waals surface area contributed by atoms with Gasteiger partial charge in [0.2, 0.25) is 10.0 Å². The van der Waals surface area contributed by atoms with Crippen molar-refractivity contribution in [3.8, 4) is 0 Å². The molecule has 1 aliphatic heterocycles. The van der Waals surface area contributed by atoms with Crippen LogP contribution in [0.2, 0.25) is 5.02 Å². The maximum absolute atomic E-state index is 12.4. The molecular weight excluding hydrogens is 294 g/mol. The second kappa shape index (κ2) is 5.46. The van der Waals surface area contributed by atoms with Gasteiger partial charge in [-0.15, -0.1) is 0 Å². The van der Waals surface area contributed by atoms with Gasteiger partial charge in [-0.3, -0.25) is 4.79 Å². The summed E-state index contributed by atoms with van der Waals surface area (Å²) in [5, 5.41) is 9.34. The summed E-state index contributed by atoms with van der Waals surface area (Å²) >= 11 is 5.76. The molecule has 0 aliphatic carbocycles. The lowest BCUT2D eigenvalue weighted by atomic mass is 10.3. The van der Waals surface area contributed by atoms with Crippen molar-refractivity contribution in [1.29, 1.82) is 0 Å². The number of sulfonamides is 1. The number of halogens is 1. The average Bonchev–Trinajstić information content (AvgIpc) is 2.38. The second-order valence-corrected chi connectivity index (χ2v) is 6.33. The Morgan fingerprint density at radius 3 is 2.84 bits per heavy atom. The number of carboxylic acid groups (broad SMARTS) is 1. The van der Waals surface area contributed by atoms with E-state index in [1.807, 2.05) is 0 Å². The molecule has 1 aromatic carbocycles. The largest absolute Gasteiger partial charge is 0.480 e. The van der Waals surface area contributed by atoms with Crippen LogP contribution in [0.25, 0.3) is 0 Å². The van der Waals surface area contributed by atoms with E-state index in [9.17, 15) is 13.2 Å².